The number of carboxylic acids is 1. The smallest absolute Gasteiger partial charge is 0.325 e. The fraction of sp³-hybridized carbons (Fsp3) is 0.364. The largest absolute Gasteiger partial charge is 0.480 e. The summed E-state index contributed by atoms with van der Waals surface area (Å²) in [6.07, 6.45) is 1.06. The number of aliphatic carboxylic acids is 1. The topological polar surface area (TPSA) is 101 Å². The fourth-order valence-corrected chi connectivity index (χ4v) is 1.54. The van der Waals surface area contributed by atoms with Crippen LogP contribution < -0.4 is 0 Å². The van der Waals surface area contributed by atoms with E-state index < -0.39 is 12.1 Å². The molecule has 0 spiro atoms. The lowest BCUT2D eigenvalue weighted by Crippen LogP contribution is -2.15. The Hall–Kier alpha value is -2.15. The summed E-state index contributed by atoms with van der Waals surface area (Å²) in [5.74, 6) is -0.116. The highest BCUT2D eigenvalue weighted by Gasteiger charge is 2.19. The molecule has 0 bridgehead atoms. The van der Waals surface area contributed by atoms with Crippen LogP contribution in [0.25, 0.3) is 11.6 Å². The zero-order valence-corrected chi connectivity index (χ0v) is 9.78. The third-order valence-electron chi connectivity index (χ3n) is 2.41. The van der Waals surface area contributed by atoms with Crippen LogP contribution in [0.3, 0.4) is 0 Å². The predicted octanol–water partition coefficient (Wildman–Crippen LogP) is 1.07. The van der Waals surface area contributed by atoms with Gasteiger partial charge in [0.1, 0.15) is 12.6 Å². The van der Waals surface area contributed by atoms with Crippen LogP contribution in [0.5, 0.6) is 0 Å². The van der Waals surface area contributed by atoms with Crippen molar-refractivity contribution >= 4 is 5.97 Å². The number of nitrogens with zero attached hydrogens (tertiary/aromatic N) is 3. The number of rotatable bonds is 5. The Morgan fingerprint density at radius 1 is 1.61 bits per heavy atom. The zero-order valence-electron chi connectivity index (χ0n) is 9.78. The van der Waals surface area contributed by atoms with E-state index in [0.29, 0.717) is 12.2 Å². The third kappa shape index (κ3) is 2.40. The summed E-state index contributed by atoms with van der Waals surface area (Å²) in [6, 6.07) is 3.35. The number of carboxylic acid groups (broad SMARTS) is 1. The average Bonchev–Trinajstić information content (AvgIpc) is 2.95. The molecule has 0 amide bonds. The second-order valence-corrected chi connectivity index (χ2v) is 3.75. The van der Waals surface area contributed by atoms with Gasteiger partial charge >= 0.3 is 5.97 Å². The van der Waals surface area contributed by atoms with E-state index in [1.54, 1.807) is 19.1 Å². The Morgan fingerprint density at radius 3 is 2.94 bits per heavy atom. The maximum Gasteiger partial charge on any atom is 0.325 e. The molecule has 0 aliphatic rings. The molecule has 2 rings (SSSR count). The first-order valence-electron chi connectivity index (χ1n) is 5.50. The number of aliphatic hydroxyl groups excluding tert-OH is 1. The lowest BCUT2D eigenvalue weighted by Gasteiger charge is -2.07. The molecule has 0 aliphatic carbocycles. The molecule has 0 radical (unpaired) electrons. The Kier molecular flexibility index (Phi) is 3.42. The van der Waals surface area contributed by atoms with E-state index in [1.165, 1.54) is 10.9 Å². The zero-order chi connectivity index (χ0) is 13.1. The van der Waals surface area contributed by atoms with Crippen LogP contribution in [0.1, 0.15) is 25.3 Å². The van der Waals surface area contributed by atoms with E-state index >= 15 is 0 Å². The van der Waals surface area contributed by atoms with Gasteiger partial charge in [-0.1, -0.05) is 6.92 Å². The minimum atomic E-state index is -1.05. The second-order valence-electron chi connectivity index (χ2n) is 3.75. The molecule has 0 aromatic carbocycles. The van der Waals surface area contributed by atoms with Crippen molar-refractivity contribution in [1.82, 2.24) is 14.8 Å². The number of hydrogen-bond donors (Lipinski definition) is 2. The van der Waals surface area contributed by atoms with Crippen LogP contribution in [-0.4, -0.2) is 30.9 Å². The van der Waals surface area contributed by atoms with Gasteiger partial charge in [0.2, 0.25) is 5.82 Å². The van der Waals surface area contributed by atoms with Crippen LogP contribution in [-0.2, 0) is 11.3 Å². The number of furan rings is 1. The first-order valence-corrected chi connectivity index (χ1v) is 5.50. The number of aromatic nitrogens is 3. The quantitative estimate of drug-likeness (QED) is 0.824. The van der Waals surface area contributed by atoms with Crippen LogP contribution in [0.4, 0.5) is 0 Å². The van der Waals surface area contributed by atoms with E-state index in [2.05, 4.69) is 10.1 Å². The van der Waals surface area contributed by atoms with E-state index in [0.717, 1.165) is 0 Å². The molecule has 0 aliphatic heterocycles. The van der Waals surface area contributed by atoms with Gasteiger partial charge in [0.15, 0.2) is 11.6 Å². The maximum absolute atomic E-state index is 10.7. The average molecular weight is 251 g/mol. The lowest BCUT2D eigenvalue weighted by molar-refractivity contribution is -0.138. The van der Waals surface area contributed by atoms with Gasteiger partial charge in [0.25, 0.3) is 0 Å². The highest BCUT2D eigenvalue weighted by atomic mass is 16.4. The highest BCUT2D eigenvalue weighted by Crippen LogP contribution is 2.20. The standard InChI is InChI=1S/C11H13N3O4/c1-2-7(15)11-12-10(8-4-3-5-18-8)13-14(11)6-9(16)17/h3-5,7,15H,2,6H2,1H3,(H,16,17). The molecule has 96 valence electrons. The SMILES string of the molecule is CCC(O)c1nc(-c2ccco2)nn1CC(=O)O. The van der Waals surface area contributed by atoms with E-state index in [9.17, 15) is 9.90 Å². The van der Waals surface area contributed by atoms with E-state index in [4.69, 9.17) is 9.52 Å². The normalized spacial score (nSPS) is 12.6. The number of hydrogen-bond acceptors (Lipinski definition) is 5. The number of carbonyl (C=O) groups is 1. The van der Waals surface area contributed by atoms with Gasteiger partial charge in [-0.05, 0) is 18.6 Å². The summed E-state index contributed by atoms with van der Waals surface area (Å²) in [5, 5.41) is 22.6. The van der Waals surface area contributed by atoms with Crippen molar-refractivity contribution in [3.63, 3.8) is 0 Å². The van der Waals surface area contributed by atoms with E-state index in [-0.39, 0.29) is 18.2 Å². The van der Waals surface area contributed by atoms with Crippen molar-refractivity contribution in [3.05, 3.63) is 24.2 Å². The minimum Gasteiger partial charge on any atom is -0.480 e. The van der Waals surface area contributed by atoms with Crippen molar-refractivity contribution in [3.8, 4) is 11.6 Å². The van der Waals surface area contributed by atoms with Gasteiger partial charge in [0, 0.05) is 0 Å². The Bertz CT molecular complexity index is 532. The van der Waals surface area contributed by atoms with Crippen molar-refractivity contribution in [2.24, 2.45) is 0 Å². The first-order chi connectivity index (χ1) is 8.61. The molecule has 7 heteroatoms. The molecular weight excluding hydrogens is 238 g/mol. The summed E-state index contributed by atoms with van der Waals surface area (Å²) in [4.78, 5) is 14.9. The summed E-state index contributed by atoms with van der Waals surface area (Å²) in [6.45, 7) is 1.43. The molecule has 1 atom stereocenters. The second kappa shape index (κ2) is 5.01. The molecule has 18 heavy (non-hydrogen) atoms. The van der Waals surface area contributed by atoms with Crippen molar-refractivity contribution in [1.29, 1.82) is 0 Å². The molecule has 7 nitrogen and oxygen atoms in total. The predicted molar refractivity (Wildman–Crippen MR) is 60.6 cm³/mol. The molecule has 2 N–H and O–H groups in total. The lowest BCUT2D eigenvalue weighted by atomic mass is 10.2. The first kappa shape index (κ1) is 12.3. The van der Waals surface area contributed by atoms with Crippen LogP contribution in [0.15, 0.2) is 22.8 Å². The van der Waals surface area contributed by atoms with Crippen molar-refractivity contribution in [2.75, 3.05) is 0 Å². The summed E-state index contributed by atoms with van der Waals surface area (Å²) < 4.78 is 6.31. The highest BCUT2D eigenvalue weighted by molar-refractivity contribution is 5.66. The Labute approximate surface area is 103 Å². The van der Waals surface area contributed by atoms with Gasteiger partial charge < -0.3 is 14.6 Å². The van der Waals surface area contributed by atoms with E-state index in [1.807, 2.05) is 0 Å². The van der Waals surface area contributed by atoms with Crippen molar-refractivity contribution < 1.29 is 19.4 Å². The molecule has 2 aromatic rings. The molecular formula is C11H13N3O4. The van der Waals surface area contributed by atoms with Crippen LogP contribution in [0, 0.1) is 0 Å². The van der Waals surface area contributed by atoms with Gasteiger partial charge in [-0.2, -0.15) is 0 Å². The van der Waals surface area contributed by atoms with Gasteiger partial charge in [-0.25, -0.2) is 9.67 Å². The summed E-state index contributed by atoms with van der Waals surface area (Å²) in [5.41, 5.74) is 0. The Morgan fingerprint density at radius 2 is 2.39 bits per heavy atom. The molecule has 1 unspecified atom stereocenters. The maximum atomic E-state index is 10.7. The molecule has 2 aromatic heterocycles. The van der Waals surface area contributed by atoms with Crippen LogP contribution in [0.2, 0.25) is 0 Å². The van der Waals surface area contributed by atoms with Gasteiger partial charge in [0.05, 0.1) is 6.26 Å². The summed E-state index contributed by atoms with van der Waals surface area (Å²) in [7, 11) is 0. The molecule has 2 heterocycles. The number of aliphatic hydroxyl groups is 1. The van der Waals surface area contributed by atoms with Gasteiger partial charge in [-0.15, -0.1) is 5.10 Å². The van der Waals surface area contributed by atoms with Gasteiger partial charge in [-0.3, -0.25) is 4.79 Å². The van der Waals surface area contributed by atoms with Crippen LogP contribution >= 0.6 is 0 Å². The minimum absolute atomic E-state index is 0.228. The summed E-state index contributed by atoms with van der Waals surface area (Å²) >= 11 is 0. The molecule has 0 saturated carbocycles. The monoisotopic (exact) mass is 251 g/mol. The Balaban J connectivity index is 2.40. The molecule has 0 fully saturated rings. The third-order valence-corrected chi connectivity index (χ3v) is 2.41. The molecule has 0 saturated heterocycles. The fourth-order valence-electron chi connectivity index (χ4n) is 1.54. The van der Waals surface area contributed by atoms with Crippen molar-refractivity contribution in [2.45, 2.75) is 26.0 Å².